The summed E-state index contributed by atoms with van der Waals surface area (Å²) in [5.74, 6) is 2.65. The topological polar surface area (TPSA) is 49.6 Å². The van der Waals surface area contributed by atoms with E-state index >= 15 is 0 Å². The van der Waals surface area contributed by atoms with Crippen molar-refractivity contribution in [1.29, 1.82) is 0 Å². The van der Waals surface area contributed by atoms with Gasteiger partial charge < -0.3 is 15.1 Å². The number of aliphatic imine (C=N–C) groups is 1. The van der Waals surface area contributed by atoms with Gasteiger partial charge in [-0.15, -0.1) is 0 Å². The van der Waals surface area contributed by atoms with Crippen molar-refractivity contribution in [3.8, 4) is 0 Å². The van der Waals surface area contributed by atoms with Crippen LogP contribution in [0.1, 0.15) is 45.8 Å². The summed E-state index contributed by atoms with van der Waals surface area (Å²) in [7, 11) is 1.81. The van der Waals surface area contributed by atoms with E-state index < -0.39 is 0 Å². The molecule has 114 valence electrons. The maximum atomic E-state index is 5.31. The summed E-state index contributed by atoms with van der Waals surface area (Å²) in [5, 5.41) is 6.75. The lowest BCUT2D eigenvalue weighted by Gasteiger charge is -2.18. The van der Waals surface area contributed by atoms with Gasteiger partial charge in [0, 0.05) is 26.1 Å². The van der Waals surface area contributed by atoms with Gasteiger partial charge in [0.15, 0.2) is 5.96 Å². The fourth-order valence-corrected chi connectivity index (χ4v) is 2.09. The van der Waals surface area contributed by atoms with Gasteiger partial charge in [-0.2, -0.15) is 0 Å². The Labute approximate surface area is 123 Å². The quantitative estimate of drug-likeness (QED) is 0.567. The van der Waals surface area contributed by atoms with E-state index in [9.17, 15) is 0 Å². The monoisotopic (exact) mass is 279 g/mol. The maximum Gasteiger partial charge on any atom is 0.191 e. The Morgan fingerprint density at radius 2 is 2.10 bits per heavy atom. The van der Waals surface area contributed by atoms with Gasteiger partial charge in [-0.05, 0) is 31.4 Å². The molecule has 0 aliphatic heterocycles. The van der Waals surface area contributed by atoms with E-state index in [1.807, 2.05) is 19.2 Å². The molecule has 0 amide bonds. The summed E-state index contributed by atoms with van der Waals surface area (Å²) < 4.78 is 5.31. The summed E-state index contributed by atoms with van der Waals surface area (Å²) in [5.41, 5.74) is 0. The van der Waals surface area contributed by atoms with Crippen molar-refractivity contribution in [3.63, 3.8) is 0 Å². The first-order chi connectivity index (χ1) is 9.61. The summed E-state index contributed by atoms with van der Waals surface area (Å²) in [6, 6.07) is 4.36. The predicted molar refractivity (Wildman–Crippen MR) is 85.1 cm³/mol. The van der Waals surface area contributed by atoms with Gasteiger partial charge in [0.2, 0.25) is 0 Å². The molecule has 0 saturated carbocycles. The van der Waals surface area contributed by atoms with Gasteiger partial charge in [0.05, 0.1) is 6.26 Å². The highest BCUT2D eigenvalue weighted by Crippen LogP contribution is 2.08. The molecule has 0 aliphatic carbocycles. The third-order valence-corrected chi connectivity index (χ3v) is 3.27. The second-order valence-electron chi connectivity index (χ2n) is 5.70. The average Bonchev–Trinajstić information content (AvgIpc) is 2.90. The molecule has 1 rings (SSSR count). The first-order valence-electron chi connectivity index (χ1n) is 7.61. The molecular formula is C16H29N3O. The zero-order valence-electron chi connectivity index (χ0n) is 13.3. The molecule has 2 N–H and O–H groups in total. The van der Waals surface area contributed by atoms with Crippen LogP contribution in [0.4, 0.5) is 0 Å². The minimum absolute atomic E-state index is 0.448. The number of hydrogen-bond acceptors (Lipinski definition) is 2. The highest BCUT2D eigenvalue weighted by molar-refractivity contribution is 5.79. The van der Waals surface area contributed by atoms with Crippen LogP contribution in [0.3, 0.4) is 0 Å². The third kappa shape index (κ3) is 7.22. The van der Waals surface area contributed by atoms with Crippen LogP contribution in [0.25, 0.3) is 0 Å². The number of nitrogens with zero attached hydrogens (tertiary/aromatic N) is 1. The molecule has 1 aromatic heterocycles. The number of hydrogen-bond donors (Lipinski definition) is 2. The number of furan rings is 1. The normalized spacial score (nSPS) is 13.6. The van der Waals surface area contributed by atoms with Crippen LogP contribution in [-0.2, 0) is 6.42 Å². The van der Waals surface area contributed by atoms with E-state index in [-0.39, 0.29) is 0 Å². The molecule has 0 aromatic carbocycles. The molecule has 20 heavy (non-hydrogen) atoms. The molecule has 0 bridgehead atoms. The molecule has 1 atom stereocenters. The second kappa shape index (κ2) is 9.45. The Morgan fingerprint density at radius 3 is 2.70 bits per heavy atom. The van der Waals surface area contributed by atoms with Gasteiger partial charge >= 0.3 is 0 Å². The maximum absolute atomic E-state index is 5.31. The second-order valence-corrected chi connectivity index (χ2v) is 5.70. The van der Waals surface area contributed by atoms with Crippen LogP contribution >= 0.6 is 0 Å². The molecule has 4 heteroatoms. The Hall–Kier alpha value is -1.45. The zero-order valence-corrected chi connectivity index (χ0v) is 13.3. The first-order valence-corrected chi connectivity index (χ1v) is 7.61. The predicted octanol–water partition coefficient (Wildman–Crippen LogP) is 3.20. The highest BCUT2D eigenvalue weighted by atomic mass is 16.3. The lowest BCUT2D eigenvalue weighted by molar-refractivity contribution is 0.489. The number of nitrogens with one attached hydrogen (secondary N) is 2. The lowest BCUT2D eigenvalue weighted by atomic mass is 10.0. The zero-order chi connectivity index (χ0) is 14.8. The molecule has 0 aliphatic rings. The summed E-state index contributed by atoms with van der Waals surface area (Å²) in [6.07, 6.45) is 6.30. The van der Waals surface area contributed by atoms with Crippen molar-refractivity contribution in [2.45, 2.75) is 52.5 Å². The van der Waals surface area contributed by atoms with Crippen LogP contribution in [-0.4, -0.2) is 25.6 Å². The van der Waals surface area contributed by atoms with Gasteiger partial charge in [0.25, 0.3) is 0 Å². The lowest BCUT2D eigenvalue weighted by Crippen LogP contribution is -2.42. The summed E-state index contributed by atoms with van der Waals surface area (Å²) in [6.45, 7) is 7.58. The van der Waals surface area contributed by atoms with Crippen molar-refractivity contribution in [1.82, 2.24) is 10.6 Å². The standard InChI is InChI=1S/C16H29N3O/c1-13(2)7-5-8-14(3)19-16(17-4)18-11-10-15-9-6-12-20-15/h6,9,12-14H,5,7-8,10-11H2,1-4H3,(H2,17,18,19). The fourth-order valence-electron chi connectivity index (χ4n) is 2.09. The molecule has 1 unspecified atom stereocenters. The Balaban J connectivity index is 2.18. The smallest absolute Gasteiger partial charge is 0.191 e. The summed E-state index contributed by atoms with van der Waals surface area (Å²) >= 11 is 0. The van der Waals surface area contributed by atoms with Crippen molar-refractivity contribution in [2.24, 2.45) is 10.9 Å². The van der Waals surface area contributed by atoms with Gasteiger partial charge in [-0.1, -0.05) is 26.7 Å². The van der Waals surface area contributed by atoms with Crippen molar-refractivity contribution in [2.75, 3.05) is 13.6 Å². The van der Waals surface area contributed by atoms with E-state index in [4.69, 9.17) is 4.42 Å². The van der Waals surface area contributed by atoms with E-state index in [0.717, 1.165) is 30.6 Å². The van der Waals surface area contributed by atoms with Crippen LogP contribution in [0, 0.1) is 5.92 Å². The first kappa shape index (κ1) is 16.6. The van der Waals surface area contributed by atoms with E-state index in [2.05, 4.69) is 36.4 Å². The highest BCUT2D eigenvalue weighted by Gasteiger charge is 2.05. The van der Waals surface area contributed by atoms with Gasteiger partial charge in [-0.25, -0.2) is 0 Å². The molecule has 1 heterocycles. The Morgan fingerprint density at radius 1 is 1.30 bits per heavy atom. The van der Waals surface area contributed by atoms with E-state index in [1.165, 1.54) is 19.3 Å². The van der Waals surface area contributed by atoms with Crippen molar-refractivity contribution >= 4 is 5.96 Å². The molecular weight excluding hydrogens is 250 g/mol. The largest absolute Gasteiger partial charge is 0.469 e. The van der Waals surface area contributed by atoms with Crippen molar-refractivity contribution < 1.29 is 4.42 Å². The Kier molecular flexibility index (Phi) is 7.85. The minimum atomic E-state index is 0.448. The minimum Gasteiger partial charge on any atom is -0.469 e. The van der Waals surface area contributed by atoms with Crippen LogP contribution in [0.15, 0.2) is 27.8 Å². The molecule has 4 nitrogen and oxygen atoms in total. The van der Waals surface area contributed by atoms with Gasteiger partial charge in [0.1, 0.15) is 5.76 Å². The fraction of sp³-hybridized carbons (Fsp3) is 0.688. The molecule has 1 aromatic rings. The average molecular weight is 279 g/mol. The van der Waals surface area contributed by atoms with Crippen LogP contribution in [0.2, 0.25) is 0 Å². The molecule has 0 saturated heterocycles. The van der Waals surface area contributed by atoms with Gasteiger partial charge in [-0.3, -0.25) is 4.99 Å². The van der Waals surface area contributed by atoms with Crippen LogP contribution < -0.4 is 10.6 Å². The number of rotatable bonds is 8. The number of guanidine groups is 1. The van der Waals surface area contributed by atoms with E-state index in [1.54, 1.807) is 6.26 Å². The van der Waals surface area contributed by atoms with Crippen molar-refractivity contribution in [3.05, 3.63) is 24.2 Å². The molecule has 0 radical (unpaired) electrons. The third-order valence-electron chi connectivity index (χ3n) is 3.27. The van der Waals surface area contributed by atoms with Crippen LogP contribution in [0.5, 0.6) is 0 Å². The molecule has 0 spiro atoms. The Bertz CT molecular complexity index is 371. The summed E-state index contributed by atoms with van der Waals surface area (Å²) in [4.78, 5) is 4.25. The van der Waals surface area contributed by atoms with E-state index in [0.29, 0.717) is 6.04 Å². The SMILES string of the molecule is CN=C(NCCc1ccco1)NC(C)CCCC(C)C. The molecule has 0 fully saturated rings.